The van der Waals surface area contributed by atoms with Gasteiger partial charge in [-0.25, -0.2) is 0 Å². The highest BCUT2D eigenvalue weighted by molar-refractivity contribution is 5.71. The summed E-state index contributed by atoms with van der Waals surface area (Å²) < 4.78 is 0. The minimum Gasteiger partial charge on any atom is -0.481 e. The number of rotatable bonds is 6. The molecule has 0 aliphatic heterocycles. The van der Waals surface area contributed by atoms with Gasteiger partial charge in [0.05, 0.1) is 18.1 Å². The van der Waals surface area contributed by atoms with Gasteiger partial charge < -0.3 is 15.3 Å². The Morgan fingerprint density at radius 3 is 2.35 bits per heavy atom. The number of aliphatic hydroxyl groups excluding tert-OH is 2. The van der Waals surface area contributed by atoms with Crippen LogP contribution in [0.15, 0.2) is 23.3 Å². The van der Waals surface area contributed by atoms with Gasteiger partial charge in [0.25, 0.3) is 0 Å². The van der Waals surface area contributed by atoms with Gasteiger partial charge in [-0.3, -0.25) is 4.79 Å². The third-order valence-corrected chi connectivity index (χ3v) is 11.7. The number of allylic oxidation sites excluding steroid dienone is 2. The fourth-order valence-corrected chi connectivity index (χ4v) is 8.90. The molecule has 4 nitrogen and oxygen atoms in total. The molecule has 0 aromatic heterocycles. The van der Waals surface area contributed by atoms with Crippen molar-refractivity contribution >= 4 is 5.97 Å². The number of fused-ring (bicyclic) bond motifs is 4. The number of hydrogen-bond acceptors (Lipinski definition) is 3. The molecule has 4 aliphatic rings. The lowest BCUT2D eigenvalue weighted by Crippen LogP contribution is -2.53. The molecule has 192 valence electrons. The van der Waals surface area contributed by atoms with E-state index < -0.39 is 18.0 Å². The fraction of sp³-hybridized carbons (Fsp3) is 0.833. The number of aliphatic carboxylic acids is 1. The van der Waals surface area contributed by atoms with Crippen LogP contribution in [-0.4, -0.2) is 33.5 Å². The summed E-state index contributed by atoms with van der Waals surface area (Å²) >= 11 is 0. The van der Waals surface area contributed by atoms with Crippen LogP contribution in [0.1, 0.15) is 99.3 Å². The third kappa shape index (κ3) is 3.65. The van der Waals surface area contributed by atoms with E-state index in [2.05, 4.69) is 48.1 Å². The van der Waals surface area contributed by atoms with Crippen molar-refractivity contribution in [1.82, 2.24) is 0 Å². The maximum atomic E-state index is 12.5. The minimum atomic E-state index is -0.717. The minimum absolute atomic E-state index is 0.0265. The van der Waals surface area contributed by atoms with Crippen LogP contribution in [0.3, 0.4) is 0 Å². The number of carboxylic acids is 1. The molecule has 0 aromatic carbocycles. The first-order valence-electron chi connectivity index (χ1n) is 13.8. The zero-order chi connectivity index (χ0) is 25.2. The molecule has 3 N–H and O–H groups in total. The fourth-order valence-electron chi connectivity index (χ4n) is 8.90. The highest BCUT2D eigenvalue weighted by atomic mass is 16.4. The Morgan fingerprint density at radius 2 is 1.74 bits per heavy atom. The molecule has 8 atom stereocenters. The van der Waals surface area contributed by atoms with Crippen molar-refractivity contribution in [3.8, 4) is 0 Å². The normalized spacial score (nSPS) is 42.1. The zero-order valence-electron chi connectivity index (χ0n) is 22.4. The van der Waals surface area contributed by atoms with Gasteiger partial charge in [0.1, 0.15) is 0 Å². The van der Waals surface area contributed by atoms with Gasteiger partial charge >= 0.3 is 5.97 Å². The Hall–Kier alpha value is -1.13. The highest BCUT2D eigenvalue weighted by Gasteiger charge is 2.66. The molecule has 0 aromatic rings. The van der Waals surface area contributed by atoms with Crippen molar-refractivity contribution in [1.29, 1.82) is 0 Å². The highest BCUT2D eigenvalue weighted by Crippen LogP contribution is 2.70. The van der Waals surface area contributed by atoms with E-state index in [1.807, 2.05) is 0 Å². The molecule has 0 amide bonds. The van der Waals surface area contributed by atoms with Crippen molar-refractivity contribution < 1.29 is 20.1 Å². The van der Waals surface area contributed by atoms with Crippen molar-refractivity contribution in [3.05, 3.63) is 23.3 Å². The molecule has 0 saturated heterocycles. The lowest BCUT2D eigenvalue weighted by Gasteiger charge is -2.58. The summed E-state index contributed by atoms with van der Waals surface area (Å²) in [5, 5.41) is 32.6. The van der Waals surface area contributed by atoms with Crippen LogP contribution in [0.2, 0.25) is 0 Å². The van der Waals surface area contributed by atoms with E-state index >= 15 is 0 Å². The smallest absolute Gasteiger partial charge is 0.306 e. The van der Waals surface area contributed by atoms with Gasteiger partial charge in [0.2, 0.25) is 0 Å². The second-order valence-corrected chi connectivity index (χ2v) is 13.4. The zero-order valence-corrected chi connectivity index (χ0v) is 22.4. The quantitative estimate of drug-likeness (QED) is 0.393. The monoisotopic (exact) mass is 472 g/mol. The molecule has 4 aliphatic carbocycles. The average molecular weight is 473 g/mol. The van der Waals surface area contributed by atoms with Gasteiger partial charge in [-0.2, -0.15) is 0 Å². The van der Waals surface area contributed by atoms with E-state index in [1.54, 1.807) is 5.57 Å². The number of aliphatic hydroxyl groups is 2. The van der Waals surface area contributed by atoms with E-state index in [9.17, 15) is 20.1 Å². The summed E-state index contributed by atoms with van der Waals surface area (Å²) in [7, 11) is 0. The second kappa shape index (κ2) is 8.76. The first-order valence-corrected chi connectivity index (χ1v) is 13.8. The molecule has 4 rings (SSSR count). The van der Waals surface area contributed by atoms with Crippen LogP contribution >= 0.6 is 0 Å². The molecule has 4 heteroatoms. The Morgan fingerprint density at radius 1 is 1.06 bits per heavy atom. The summed E-state index contributed by atoms with van der Waals surface area (Å²) in [6, 6.07) is 0. The Labute approximate surface area is 206 Å². The first kappa shape index (κ1) is 25.9. The molecule has 0 radical (unpaired) electrons. The Balaban J connectivity index is 1.68. The van der Waals surface area contributed by atoms with Crippen molar-refractivity contribution in [3.63, 3.8) is 0 Å². The number of carboxylic acid groups (broad SMARTS) is 1. The molecule has 34 heavy (non-hydrogen) atoms. The largest absolute Gasteiger partial charge is 0.481 e. The van der Waals surface area contributed by atoms with Crippen LogP contribution in [0.4, 0.5) is 0 Å². The van der Waals surface area contributed by atoms with Gasteiger partial charge in [0.15, 0.2) is 0 Å². The lowest BCUT2D eigenvalue weighted by molar-refractivity contribution is -0.146. The average Bonchev–Trinajstić information content (AvgIpc) is 2.97. The van der Waals surface area contributed by atoms with Gasteiger partial charge in [-0.15, -0.1) is 0 Å². The number of carbonyl (C=O) groups is 1. The van der Waals surface area contributed by atoms with Gasteiger partial charge in [-0.1, -0.05) is 64.8 Å². The second-order valence-electron chi connectivity index (χ2n) is 13.4. The molecule has 0 heterocycles. The van der Waals surface area contributed by atoms with Crippen LogP contribution in [0.5, 0.6) is 0 Å². The SMILES string of the molecule is C=C(CC[C@@H](C(=O)O)[C@H]1C[C@H](O)[C@@]2(C)C3=C(CC[C@]12C)[C@H]1CC[C@H](O)C(C)(C)[C@@H]1CC3)C(C)C. The predicted octanol–water partition coefficient (Wildman–Crippen LogP) is 6.37. The predicted molar refractivity (Wildman–Crippen MR) is 136 cm³/mol. The van der Waals surface area contributed by atoms with Crippen molar-refractivity contribution in [2.45, 2.75) is 112 Å². The molecular formula is C30H48O4. The summed E-state index contributed by atoms with van der Waals surface area (Å²) in [6.45, 7) is 17.4. The molecule has 0 spiro atoms. The maximum absolute atomic E-state index is 12.5. The summed E-state index contributed by atoms with van der Waals surface area (Å²) in [5.41, 5.74) is 3.46. The Bertz CT molecular complexity index is 869. The molecular weight excluding hydrogens is 424 g/mol. The topological polar surface area (TPSA) is 77.8 Å². The van der Waals surface area contributed by atoms with Crippen LogP contribution in [-0.2, 0) is 4.79 Å². The first-order chi connectivity index (χ1) is 15.8. The van der Waals surface area contributed by atoms with E-state index in [4.69, 9.17) is 0 Å². The summed E-state index contributed by atoms with van der Waals surface area (Å²) in [6.07, 6.45) is 7.08. The van der Waals surface area contributed by atoms with Crippen molar-refractivity contribution in [2.75, 3.05) is 0 Å². The van der Waals surface area contributed by atoms with E-state index in [-0.39, 0.29) is 28.3 Å². The van der Waals surface area contributed by atoms with Crippen molar-refractivity contribution in [2.24, 2.45) is 45.8 Å². The van der Waals surface area contributed by atoms with Gasteiger partial charge in [0, 0.05) is 5.41 Å². The van der Waals surface area contributed by atoms with E-state index in [1.165, 1.54) is 5.57 Å². The number of hydrogen-bond donors (Lipinski definition) is 3. The molecule has 0 unspecified atom stereocenters. The third-order valence-electron chi connectivity index (χ3n) is 11.7. The van der Waals surface area contributed by atoms with Crippen LogP contribution in [0, 0.1) is 45.8 Å². The van der Waals surface area contributed by atoms with E-state index in [0.717, 1.165) is 50.5 Å². The molecule has 2 saturated carbocycles. The molecule has 2 fully saturated rings. The standard InChI is InChI=1S/C30H48O4/c1-17(2)18(3)8-9-21(27(33)34)24-16-26(32)30(7)23-12-11-22-19(10-13-25(31)28(22,4)5)20(23)14-15-29(24,30)6/h17,19,21-22,24-26,31-32H,3,8-16H2,1-2,4-7H3,(H,33,34)/t19-,21-,22-,24-,25+,26+,29-,30-/m1/s1. The summed E-state index contributed by atoms with van der Waals surface area (Å²) in [4.78, 5) is 12.5. The van der Waals surface area contributed by atoms with Crippen LogP contribution in [0.25, 0.3) is 0 Å². The van der Waals surface area contributed by atoms with E-state index in [0.29, 0.717) is 30.6 Å². The maximum Gasteiger partial charge on any atom is 0.306 e. The lowest BCUT2D eigenvalue weighted by atomic mass is 9.47. The molecule has 0 bridgehead atoms. The van der Waals surface area contributed by atoms with Gasteiger partial charge in [-0.05, 0) is 92.3 Å². The Kier molecular flexibility index (Phi) is 6.69. The van der Waals surface area contributed by atoms with Crippen LogP contribution < -0.4 is 0 Å². The summed E-state index contributed by atoms with van der Waals surface area (Å²) in [5.74, 6) is 0.164.